The van der Waals surface area contributed by atoms with Crippen LogP contribution in [0.4, 0.5) is 4.79 Å². The third-order valence-corrected chi connectivity index (χ3v) is 2.93. The molecule has 0 unspecified atom stereocenters. The third kappa shape index (κ3) is 4.99. The van der Waals surface area contributed by atoms with Gasteiger partial charge >= 0.3 is 6.09 Å². The van der Waals surface area contributed by atoms with Crippen molar-refractivity contribution in [1.29, 1.82) is 0 Å². The van der Waals surface area contributed by atoms with Crippen LogP contribution >= 0.6 is 0 Å². The summed E-state index contributed by atoms with van der Waals surface area (Å²) in [5, 5.41) is 2.79. The minimum atomic E-state index is -0.476. The van der Waals surface area contributed by atoms with E-state index in [1.54, 1.807) is 0 Å². The van der Waals surface area contributed by atoms with Crippen LogP contribution in [0, 0.1) is 0 Å². The Labute approximate surface area is 125 Å². The van der Waals surface area contributed by atoms with Gasteiger partial charge in [0.2, 0.25) is 0 Å². The number of carbonyl (C=O) groups excluding carboxylic acids is 1. The number of hydrogen-bond acceptors (Lipinski definition) is 2. The lowest BCUT2D eigenvalue weighted by molar-refractivity contribution is 0.0522. The molecule has 0 fully saturated rings. The summed E-state index contributed by atoms with van der Waals surface area (Å²) in [6, 6.07) is 14.2. The lowest BCUT2D eigenvalue weighted by atomic mass is 10.2. The Hall–Kier alpha value is -2.23. The molecule has 0 saturated carbocycles. The van der Waals surface area contributed by atoms with Gasteiger partial charge in [0, 0.05) is 18.4 Å². The predicted octanol–water partition coefficient (Wildman–Crippen LogP) is 3.56. The van der Waals surface area contributed by atoms with E-state index in [1.165, 1.54) is 5.56 Å². The average Bonchev–Trinajstić information content (AvgIpc) is 2.83. The van der Waals surface area contributed by atoms with Gasteiger partial charge in [0.05, 0.1) is 6.54 Å². The van der Waals surface area contributed by atoms with Crippen molar-refractivity contribution >= 4 is 6.09 Å². The summed E-state index contributed by atoms with van der Waals surface area (Å²) in [5.74, 6) is 0. The van der Waals surface area contributed by atoms with E-state index in [0.29, 0.717) is 6.54 Å². The zero-order chi connectivity index (χ0) is 15.3. The Kier molecular flexibility index (Phi) is 4.68. The van der Waals surface area contributed by atoms with E-state index in [0.717, 1.165) is 12.2 Å². The fraction of sp³-hybridized carbons (Fsp3) is 0.353. The number of alkyl carbamates (subject to hydrolysis) is 1. The molecule has 2 aromatic rings. The summed E-state index contributed by atoms with van der Waals surface area (Å²) < 4.78 is 7.35. The lowest BCUT2D eigenvalue weighted by Gasteiger charge is -2.20. The van der Waals surface area contributed by atoms with Crippen LogP contribution in [0.5, 0.6) is 0 Å². The number of aromatic nitrogens is 1. The quantitative estimate of drug-likeness (QED) is 0.934. The molecule has 0 aliphatic carbocycles. The van der Waals surface area contributed by atoms with Gasteiger partial charge in [-0.1, -0.05) is 30.3 Å². The molecule has 0 atom stereocenters. The van der Waals surface area contributed by atoms with E-state index < -0.39 is 11.7 Å². The minimum Gasteiger partial charge on any atom is -0.444 e. The third-order valence-electron chi connectivity index (χ3n) is 2.93. The van der Waals surface area contributed by atoms with Gasteiger partial charge in [-0.15, -0.1) is 0 Å². The maximum absolute atomic E-state index is 11.7. The van der Waals surface area contributed by atoms with E-state index in [-0.39, 0.29) is 0 Å². The standard InChI is InChI=1S/C17H22N2O2/c1-17(2,3)21-16(20)18-12-15-10-7-11-19(15)13-14-8-5-4-6-9-14/h4-11H,12-13H2,1-3H3,(H,18,20). The van der Waals surface area contributed by atoms with Gasteiger partial charge < -0.3 is 14.6 Å². The zero-order valence-electron chi connectivity index (χ0n) is 12.8. The molecule has 112 valence electrons. The highest BCUT2D eigenvalue weighted by atomic mass is 16.6. The molecule has 0 aliphatic heterocycles. The van der Waals surface area contributed by atoms with Gasteiger partial charge in [-0.05, 0) is 38.5 Å². The first-order valence-electron chi connectivity index (χ1n) is 7.09. The number of ether oxygens (including phenoxy) is 1. The van der Waals surface area contributed by atoms with Crippen molar-refractivity contribution in [3.63, 3.8) is 0 Å². The lowest BCUT2D eigenvalue weighted by Crippen LogP contribution is -2.32. The Bertz CT molecular complexity index is 582. The van der Waals surface area contributed by atoms with Crippen LogP contribution in [-0.4, -0.2) is 16.3 Å². The predicted molar refractivity (Wildman–Crippen MR) is 83.0 cm³/mol. The van der Waals surface area contributed by atoms with Crippen molar-refractivity contribution in [2.75, 3.05) is 0 Å². The molecule has 1 amide bonds. The number of rotatable bonds is 4. The molecule has 0 aliphatic rings. The average molecular weight is 286 g/mol. The van der Waals surface area contributed by atoms with Crippen molar-refractivity contribution in [2.45, 2.75) is 39.5 Å². The van der Waals surface area contributed by atoms with Crippen molar-refractivity contribution in [3.05, 3.63) is 59.9 Å². The maximum atomic E-state index is 11.7. The van der Waals surface area contributed by atoms with E-state index in [1.807, 2.05) is 57.3 Å². The fourth-order valence-corrected chi connectivity index (χ4v) is 2.02. The number of amides is 1. The Morgan fingerprint density at radius 2 is 1.86 bits per heavy atom. The Morgan fingerprint density at radius 1 is 1.14 bits per heavy atom. The number of nitrogens with zero attached hydrogens (tertiary/aromatic N) is 1. The number of nitrogens with one attached hydrogen (secondary N) is 1. The van der Waals surface area contributed by atoms with Gasteiger partial charge in [0.1, 0.15) is 5.60 Å². The molecule has 1 heterocycles. The molecule has 4 nitrogen and oxygen atoms in total. The summed E-state index contributed by atoms with van der Waals surface area (Å²) in [5.41, 5.74) is 1.80. The van der Waals surface area contributed by atoms with Crippen LogP contribution in [-0.2, 0) is 17.8 Å². The Morgan fingerprint density at radius 3 is 2.52 bits per heavy atom. The second-order valence-electron chi connectivity index (χ2n) is 5.97. The maximum Gasteiger partial charge on any atom is 0.407 e. The van der Waals surface area contributed by atoms with Crippen molar-refractivity contribution < 1.29 is 9.53 Å². The summed E-state index contributed by atoms with van der Waals surface area (Å²) in [6.07, 6.45) is 1.62. The van der Waals surface area contributed by atoms with E-state index in [9.17, 15) is 4.79 Å². The van der Waals surface area contributed by atoms with Crippen molar-refractivity contribution in [3.8, 4) is 0 Å². The minimum absolute atomic E-state index is 0.394. The molecule has 1 N–H and O–H groups in total. The van der Waals surface area contributed by atoms with Gasteiger partial charge in [-0.3, -0.25) is 0 Å². The van der Waals surface area contributed by atoms with Gasteiger partial charge in [0.15, 0.2) is 0 Å². The van der Waals surface area contributed by atoms with E-state index in [2.05, 4.69) is 22.0 Å². The summed E-state index contributed by atoms with van der Waals surface area (Å²) in [4.78, 5) is 11.7. The highest BCUT2D eigenvalue weighted by molar-refractivity contribution is 5.67. The first-order chi connectivity index (χ1) is 9.94. The topological polar surface area (TPSA) is 43.3 Å². The van der Waals surface area contributed by atoms with Crippen LogP contribution in [0.25, 0.3) is 0 Å². The zero-order valence-corrected chi connectivity index (χ0v) is 12.8. The van der Waals surface area contributed by atoms with E-state index >= 15 is 0 Å². The normalized spacial score (nSPS) is 11.2. The SMILES string of the molecule is CC(C)(C)OC(=O)NCc1cccn1Cc1ccccc1. The number of benzene rings is 1. The van der Waals surface area contributed by atoms with E-state index in [4.69, 9.17) is 4.74 Å². The second-order valence-corrected chi connectivity index (χ2v) is 5.97. The van der Waals surface area contributed by atoms with Crippen LogP contribution < -0.4 is 5.32 Å². The first kappa shape index (κ1) is 15.2. The summed E-state index contributed by atoms with van der Waals surface area (Å²) in [7, 11) is 0. The van der Waals surface area contributed by atoms with Crippen molar-refractivity contribution in [2.24, 2.45) is 0 Å². The molecular weight excluding hydrogens is 264 g/mol. The molecule has 0 radical (unpaired) electrons. The molecule has 21 heavy (non-hydrogen) atoms. The van der Waals surface area contributed by atoms with Crippen molar-refractivity contribution in [1.82, 2.24) is 9.88 Å². The highest BCUT2D eigenvalue weighted by Crippen LogP contribution is 2.09. The fourth-order valence-electron chi connectivity index (χ4n) is 2.02. The highest BCUT2D eigenvalue weighted by Gasteiger charge is 2.16. The number of carbonyl (C=O) groups is 1. The molecular formula is C17H22N2O2. The molecule has 0 saturated heterocycles. The monoisotopic (exact) mass is 286 g/mol. The second kappa shape index (κ2) is 6.48. The molecule has 2 rings (SSSR count). The first-order valence-corrected chi connectivity index (χ1v) is 7.09. The summed E-state index contributed by atoms with van der Waals surface area (Å²) >= 11 is 0. The Balaban J connectivity index is 1.93. The number of hydrogen-bond donors (Lipinski definition) is 1. The molecule has 0 spiro atoms. The van der Waals surface area contributed by atoms with Gasteiger partial charge in [0.25, 0.3) is 0 Å². The summed E-state index contributed by atoms with van der Waals surface area (Å²) in [6.45, 7) is 6.80. The molecule has 4 heteroatoms. The van der Waals surface area contributed by atoms with Gasteiger partial charge in [-0.25, -0.2) is 4.79 Å². The smallest absolute Gasteiger partial charge is 0.407 e. The molecule has 1 aromatic carbocycles. The molecule has 0 bridgehead atoms. The van der Waals surface area contributed by atoms with Crippen LogP contribution in [0.2, 0.25) is 0 Å². The van der Waals surface area contributed by atoms with Crippen LogP contribution in [0.1, 0.15) is 32.0 Å². The molecule has 1 aromatic heterocycles. The largest absolute Gasteiger partial charge is 0.444 e. The van der Waals surface area contributed by atoms with Gasteiger partial charge in [-0.2, -0.15) is 0 Å². The van der Waals surface area contributed by atoms with Crippen LogP contribution in [0.3, 0.4) is 0 Å². The van der Waals surface area contributed by atoms with Crippen LogP contribution in [0.15, 0.2) is 48.7 Å².